The number of carbonyl (C=O) groups excluding carboxylic acids is 1. The van der Waals surface area contributed by atoms with Gasteiger partial charge in [-0.05, 0) is 39.8 Å². The lowest BCUT2D eigenvalue weighted by Crippen LogP contribution is -2.30. The van der Waals surface area contributed by atoms with E-state index >= 15 is 0 Å². The number of imidazole rings is 1. The van der Waals surface area contributed by atoms with E-state index in [1.54, 1.807) is 13.2 Å². The molecule has 2 heterocycles. The number of fused-ring (bicyclic) bond motifs is 1. The first kappa shape index (κ1) is 23.6. The second-order valence-corrected chi connectivity index (χ2v) is 10.2. The Labute approximate surface area is 203 Å². The summed E-state index contributed by atoms with van der Waals surface area (Å²) in [4.78, 5) is 20.1. The summed E-state index contributed by atoms with van der Waals surface area (Å²) in [7, 11) is 3.45. The Morgan fingerprint density at radius 1 is 1.18 bits per heavy atom. The monoisotopic (exact) mass is 478 g/mol. The number of aryl methyl sites for hydroxylation is 1. The topological polar surface area (TPSA) is 83.8 Å². The molecule has 2 aromatic heterocycles. The minimum absolute atomic E-state index is 0.142. The molecule has 178 valence electrons. The smallest absolute Gasteiger partial charge is 0.243 e. The van der Waals surface area contributed by atoms with Gasteiger partial charge in [-0.1, -0.05) is 47.2 Å². The molecular weight excluding hydrogens is 448 g/mol. The number of nitrogens with zero attached hydrogens (tertiary/aromatic N) is 4. The lowest BCUT2D eigenvalue weighted by molar-refractivity contribution is -0.114. The Kier molecular flexibility index (Phi) is 6.47. The fraction of sp³-hybridized carbons (Fsp3) is 0.320. The van der Waals surface area contributed by atoms with Crippen molar-refractivity contribution in [2.45, 2.75) is 33.2 Å². The zero-order valence-corrected chi connectivity index (χ0v) is 21.2. The molecule has 1 amide bonds. The molecule has 0 fully saturated rings. The van der Waals surface area contributed by atoms with Gasteiger partial charge in [0, 0.05) is 29.9 Å². The van der Waals surface area contributed by atoms with Crippen LogP contribution in [0, 0.1) is 6.92 Å². The number of hydrogen-bond donors (Lipinski definition) is 2. The molecule has 4 aromatic rings. The highest BCUT2D eigenvalue weighted by molar-refractivity contribution is 7.20. The van der Waals surface area contributed by atoms with Gasteiger partial charge in [0.25, 0.3) is 0 Å². The summed E-state index contributed by atoms with van der Waals surface area (Å²) < 4.78 is 7.05. The largest absolute Gasteiger partial charge is 0.497 e. The van der Waals surface area contributed by atoms with Crippen LogP contribution in [0.1, 0.15) is 26.3 Å². The zero-order chi connectivity index (χ0) is 24.5. The molecule has 0 spiro atoms. The van der Waals surface area contributed by atoms with Crippen LogP contribution in [0.4, 0.5) is 16.6 Å². The predicted octanol–water partition coefficient (Wildman–Crippen LogP) is 5.06. The van der Waals surface area contributed by atoms with E-state index in [-0.39, 0.29) is 18.0 Å². The van der Waals surface area contributed by atoms with Gasteiger partial charge in [-0.3, -0.25) is 4.79 Å². The summed E-state index contributed by atoms with van der Waals surface area (Å²) in [6.07, 6.45) is 0. The van der Waals surface area contributed by atoms with Crippen molar-refractivity contribution in [3.8, 4) is 17.0 Å². The molecule has 8 nitrogen and oxygen atoms in total. The normalized spacial score (nSPS) is 11.5. The quantitative estimate of drug-likeness (QED) is 0.386. The first-order valence-corrected chi connectivity index (χ1v) is 11.8. The average Bonchev–Trinajstić information content (AvgIpc) is 3.33. The van der Waals surface area contributed by atoms with E-state index in [2.05, 4.69) is 62.6 Å². The minimum Gasteiger partial charge on any atom is -0.497 e. The molecule has 0 radical (unpaired) electrons. The van der Waals surface area contributed by atoms with Crippen molar-refractivity contribution in [1.29, 1.82) is 0 Å². The Morgan fingerprint density at radius 3 is 2.59 bits per heavy atom. The number of methoxy groups -OCH3 is 1. The van der Waals surface area contributed by atoms with Crippen molar-refractivity contribution in [3.05, 3.63) is 54.1 Å². The summed E-state index contributed by atoms with van der Waals surface area (Å²) in [5.74, 6) is 1.38. The van der Waals surface area contributed by atoms with E-state index in [1.807, 2.05) is 34.7 Å². The molecule has 2 aromatic carbocycles. The lowest BCUT2D eigenvalue weighted by Gasteiger charge is -2.22. The lowest BCUT2D eigenvalue weighted by atomic mass is 10.1. The molecule has 0 unspecified atom stereocenters. The number of amides is 1. The van der Waals surface area contributed by atoms with E-state index in [1.165, 1.54) is 16.9 Å². The second kappa shape index (κ2) is 9.34. The van der Waals surface area contributed by atoms with Crippen LogP contribution in [0.2, 0.25) is 0 Å². The van der Waals surface area contributed by atoms with Crippen LogP contribution in [0.5, 0.6) is 5.75 Å². The number of hydrogen-bond acceptors (Lipinski definition) is 7. The SMILES string of the molecule is COc1cccc(NC(=O)CN(C)c2nn3c(NC(C)(C)C)c(-c4ccc(C)cc4)nc3s2)c1. The number of ether oxygens (including phenoxy) is 1. The maximum Gasteiger partial charge on any atom is 0.243 e. The maximum atomic E-state index is 12.6. The fourth-order valence-corrected chi connectivity index (χ4v) is 4.32. The summed E-state index contributed by atoms with van der Waals surface area (Å²) in [6, 6.07) is 15.6. The Morgan fingerprint density at radius 2 is 1.91 bits per heavy atom. The predicted molar refractivity (Wildman–Crippen MR) is 139 cm³/mol. The summed E-state index contributed by atoms with van der Waals surface area (Å²) in [6.45, 7) is 8.54. The highest BCUT2D eigenvalue weighted by Gasteiger charge is 2.23. The molecule has 0 aliphatic carbocycles. The third-order valence-electron chi connectivity index (χ3n) is 5.07. The molecular formula is C25H30N6O2S. The first-order chi connectivity index (χ1) is 16.1. The number of carbonyl (C=O) groups is 1. The van der Waals surface area contributed by atoms with Gasteiger partial charge >= 0.3 is 0 Å². The van der Waals surface area contributed by atoms with Gasteiger partial charge in [-0.15, -0.1) is 5.10 Å². The maximum absolute atomic E-state index is 12.6. The molecule has 9 heteroatoms. The first-order valence-electron chi connectivity index (χ1n) is 11.0. The van der Waals surface area contributed by atoms with Gasteiger partial charge in [-0.25, -0.2) is 4.98 Å². The van der Waals surface area contributed by atoms with E-state index in [0.717, 1.165) is 22.0 Å². The average molecular weight is 479 g/mol. The Bertz CT molecular complexity index is 1300. The number of likely N-dealkylation sites (N-methyl/N-ethyl adjacent to an activating group) is 1. The van der Waals surface area contributed by atoms with Crippen LogP contribution in [0.15, 0.2) is 48.5 Å². The molecule has 34 heavy (non-hydrogen) atoms. The molecule has 4 rings (SSSR count). The third-order valence-corrected chi connectivity index (χ3v) is 6.09. The van der Waals surface area contributed by atoms with Crippen molar-refractivity contribution in [1.82, 2.24) is 14.6 Å². The van der Waals surface area contributed by atoms with E-state index in [4.69, 9.17) is 14.8 Å². The van der Waals surface area contributed by atoms with E-state index in [0.29, 0.717) is 16.6 Å². The molecule has 0 atom stereocenters. The fourth-order valence-electron chi connectivity index (χ4n) is 3.46. The molecule has 0 bridgehead atoms. The van der Waals surface area contributed by atoms with Crippen LogP contribution >= 0.6 is 11.3 Å². The van der Waals surface area contributed by atoms with Gasteiger partial charge in [-0.2, -0.15) is 4.52 Å². The van der Waals surface area contributed by atoms with Crippen molar-refractivity contribution in [3.63, 3.8) is 0 Å². The number of aromatic nitrogens is 3. The van der Waals surface area contributed by atoms with E-state index < -0.39 is 0 Å². The highest BCUT2D eigenvalue weighted by atomic mass is 32.1. The summed E-state index contributed by atoms with van der Waals surface area (Å²) in [5.41, 5.74) is 3.60. The van der Waals surface area contributed by atoms with Gasteiger partial charge in [0.1, 0.15) is 11.4 Å². The third kappa shape index (κ3) is 5.31. The van der Waals surface area contributed by atoms with Crippen LogP contribution < -0.4 is 20.3 Å². The molecule has 2 N–H and O–H groups in total. The van der Waals surface area contributed by atoms with Gasteiger partial charge < -0.3 is 20.3 Å². The summed E-state index contributed by atoms with van der Waals surface area (Å²) in [5, 5.41) is 11.9. The molecule has 0 aliphatic heterocycles. The molecule has 0 saturated carbocycles. The van der Waals surface area contributed by atoms with Gasteiger partial charge in [0.2, 0.25) is 16.0 Å². The molecule has 0 saturated heterocycles. The molecule has 0 aliphatic rings. The number of nitrogens with one attached hydrogen (secondary N) is 2. The summed E-state index contributed by atoms with van der Waals surface area (Å²) >= 11 is 1.45. The van der Waals surface area contributed by atoms with Crippen molar-refractivity contribution >= 4 is 38.8 Å². The zero-order valence-electron chi connectivity index (χ0n) is 20.3. The van der Waals surface area contributed by atoms with Crippen molar-refractivity contribution in [2.75, 3.05) is 36.2 Å². The van der Waals surface area contributed by atoms with Crippen LogP contribution in [-0.4, -0.2) is 46.7 Å². The highest BCUT2D eigenvalue weighted by Crippen LogP contribution is 2.34. The number of anilines is 3. The minimum atomic E-state index is -0.179. The van der Waals surface area contributed by atoms with Crippen LogP contribution in [0.25, 0.3) is 16.2 Å². The van der Waals surface area contributed by atoms with Crippen LogP contribution in [-0.2, 0) is 4.79 Å². The number of benzene rings is 2. The van der Waals surface area contributed by atoms with E-state index in [9.17, 15) is 4.79 Å². The Balaban J connectivity index is 1.58. The van der Waals surface area contributed by atoms with Crippen molar-refractivity contribution < 1.29 is 9.53 Å². The van der Waals surface area contributed by atoms with Gasteiger partial charge in [0.15, 0.2) is 5.82 Å². The standard InChI is InChI=1S/C25H30N6O2S/c1-16-10-12-17(13-11-16)21-22(28-25(2,3)4)31-23(27-21)34-24(29-31)30(5)15-20(32)26-18-8-7-9-19(14-18)33-6/h7-14,28H,15H2,1-6H3,(H,26,32). The second-order valence-electron chi connectivity index (χ2n) is 9.27. The van der Waals surface area contributed by atoms with Gasteiger partial charge in [0.05, 0.1) is 13.7 Å². The van der Waals surface area contributed by atoms with Crippen LogP contribution in [0.3, 0.4) is 0 Å². The van der Waals surface area contributed by atoms with Crippen molar-refractivity contribution in [2.24, 2.45) is 0 Å². The number of rotatable bonds is 7. The Hall–Kier alpha value is -3.59.